The largest absolute Gasteiger partial charge is 0.434 e. The van der Waals surface area contributed by atoms with Crippen LogP contribution in [0.5, 0.6) is 0 Å². The number of nitrogens with zero attached hydrogens (tertiary/aromatic N) is 1. The van der Waals surface area contributed by atoms with Crippen molar-refractivity contribution >= 4 is 5.69 Å². The number of halogens is 6. The lowest BCUT2D eigenvalue weighted by atomic mass is 9.99. The SMILES string of the molecule is N#CC(Nc1ccccc1)(C(F)(F)F)C(F)(F)F. The van der Waals surface area contributed by atoms with Crippen molar-refractivity contribution in [3.8, 4) is 6.07 Å². The molecule has 18 heavy (non-hydrogen) atoms. The van der Waals surface area contributed by atoms with Crippen molar-refractivity contribution in [2.45, 2.75) is 17.9 Å². The van der Waals surface area contributed by atoms with Gasteiger partial charge in [0.2, 0.25) is 0 Å². The summed E-state index contributed by atoms with van der Waals surface area (Å²) in [5.74, 6) is 0. The number of hydrogen-bond acceptors (Lipinski definition) is 2. The minimum Gasteiger partial charge on any atom is -0.352 e. The van der Waals surface area contributed by atoms with E-state index in [9.17, 15) is 26.3 Å². The Kier molecular flexibility index (Phi) is 3.46. The third-order valence-corrected chi connectivity index (χ3v) is 2.12. The van der Waals surface area contributed by atoms with Gasteiger partial charge in [-0.3, -0.25) is 0 Å². The molecule has 0 saturated carbocycles. The first-order valence-corrected chi connectivity index (χ1v) is 4.52. The highest BCUT2D eigenvalue weighted by atomic mass is 19.4. The maximum absolute atomic E-state index is 12.6. The molecule has 1 aromatic rings. The Morgan fingerprint density at radius 2 is 1.33 bits per heavy atom. The maximum Gasteiger partial charge on any atom is 0.434 e. The van der Waals surface area contributed by atoms with Gasteiger partial charge >= 0.3 is 17.9 Å². The predicted octanol–water partition coefficient (Wildman–Crippen LogP) is 3.49. The second-order valence-electron chi connectivity index (χ2n) is 3.35. The summed E-state index contributed by atoms with van der Waals surface area (Å²) in [7, 11) is 0. The molecule has 0 atom stereocenters. The zero-order valence-corrected chi connectivity index (χ0v) is 8.60. The highest BCUT2D eigenvalue weighted by Crippen LogP contribution is 2.44. The molecule has 1 aromatic carbocycles. The molecule has 0 heterocycles. The number of rotatable bonds is 2. The van der Waals surface area contributed by atoms with Crippen LogP contribution in [0.15, 0.2) is 30.3 Å². The molecule has 0 radical (unpaired) electrons. The van der Waals surface area contributed by atoms with Crippen LogP contribution in [0.25, 0.3) is 0 Å². The summed E-state index contributed by atoms with van der Waals surface area (Å²) in [5.41, 5.74) is -5.07. The first-order valence-electron chi connectivity index (χ1n) is 4.52. The molecule has 0 aromatic heterocycles. The number of para-hydroxylation sites is 1. The summed E-state index contributed by atoms with van der Waals surface area (Å²) in [6, 6.07) is 6.20. The Morgan fingerprint density at radius 1 is 0.889 bits per heavy atom. The molecular weight excluding hydrogens is 262 g/mol. The zero-order chi connectivity index (χ0) is 14.0. The summed E-state index contributed by atoms with van der Waals surface area (Å²) >= 11 is 0. The van der Waals surface area contributed by atoms with Gasteiger partial charge in [0.1, 0.15) is 6.07 Å². The minimum absolute atomic E-state index is 0.283. The first kappa shape index (κ1) is 14.2. The summed E-state index contributed by atoms with van der Waals surface area (Å²) in [6.07, 6.45) is -11.6. The Labute approximate surface area is 97.8 Å². The highest BCUT2D eigenvalue weighted by molar-refractivity contribution is 5.49. The smallest absolute Gasteiger partial charge is 0.352 e. The van der Waals surface area contributed by atoms with Gasteiger partial charge in [0, 0.05) is 5.69 Å². The molecule has 0 saturated heterocycles. The lowest BCUT2D eigenvalue weighted by Crippen LogP contribution is -2.61. The molecule has 0 aliphatic heterocycles. The van der Waals surface area contributed by atoms with Gasteiger partial charge in [-0.15, -0.1) is 0 Å². The van der Waals surface area contributed by atoms with Gasteiger partial charge in [-0.1, -0.05) is 18.2 Å². The fourth-order valence-corrected chi connectivity index (χ4v) is 1.20. The molecule has 2 nitrogen and oxygen atoms in total. The van der Waals surface area contributed by atoms with E-state index in [2.05, 4.69) is 0 Å². The van der Waals surface area contributed by atoms with E-state index in [1.807, 2.05) is 0 Å². The third-order valence-electron chi connectivity index (χ3n) is 2.12. The Bertz CT molecular complexity index is 428. The number of nitriles is 1. The van der Waals surface area contributed by atoms with Crippen LogP contribution < -0.4 is 5.32 Å². The number of alkyl halides is 6. The molecule has 98 valence electrons. The van der Waals surface area contributed by atoms with Crippen LogP contribution in [0.2, 0.25) is 0 Å². The molecule has 0 aliphatic carbocycles. The van der Waals surface area contributed by atoms with E-state index in [1.54, 1.807) is 0 Å². The topological polar surface area (TPSA) is 35.8 Å². The van der Waals surface area contributed by atoms with Gasteiger partial charge in [-0.25, -0.2) is 0 Å². The van der Waals surface area contributed by atoms with Crippen molar-refractivity contribution in [1.82, 2.24) is 0 Å². The van der Waals surface area contributed by atoms with Gasteiger partial charge in [0.05, 0.1) is 0 Å². The Hall–Kier alpha value is -1.91. The Morgan fingerprint density at radius 3 is 1.67 bits per heavy atom. The van der Waals surface area contributed by atoms with Crippen molar-refractivity contribution in [2.24, 2.45) is 0 Å². The molecule has 8 heteroatoms. The van der Waals surface area contributed by atoms with E-state index in [1.165, 1.54) is 23.5 Å². The molecule has 1 N–H and O–H groups in total. The summed E-state index contributed by atoms with van der Waals surface area (Å²) in [6.45, 7) is 0. The number of benzene rings is 1. The fraction of sp³-hybridized carbons (Fsp3) is 0.300. The zero-order valence-electron chi connectivity index (χ0n) is 8.60. The van der Waals surface area contributed by atoms with Gasteiger partial charge in [-0.05, 0) is 12.1 Å². The second kappa shape index (κ2) is 4.40. The third kappa shape index (κ3) is 2.34. The van der Waals surface area contributed by atoms with E-state index in [4.69, 9.17) is 5.26 Å². The van der Waals surface area contributed by atoms with E-state index in [0.717, 1.165) is 12.1 Å². The fourth-order valence-electron chi connectivity index (χ4n) is 1.20. The normalized spacial score (nSPS) is 12.9. The molecule has 0 aliphatic rings. The van der Waals surface area contributed by atoms with Crippen molar-refractivity contribution in [3.63, 3.8) is 0 Å². The number of anilines is 1. The molecule has 0 amide bonds. The van der Waals surface area contributed by atoms with Crippen LogP contribution in [0.1, 0.15) is 0 Å². The van der Waals surface area contributed by atoms with Crippen LogP contribution in [0.4, 0.5) is 32.0 Å². The van der Waals surface area contributed by atoms with E-state index < -0.39 is 23.6 Å². The maximum atomic E-state index is 12.6. The molecule has 0 spiro atoms. The summed E-state index contributed by atoms with van der Waals surface area (Å²) in [5, 5.41) is 9.57. The highest BCUT2D eigenvalue weighted by Gasteiger charge is 2.72. The van der Waals surface area contributed by atoms with Crippen LogP contribution in [0, 0.1) is 11.3 Å². The lowest BCUT2D eigenvalue weighted by Gasteiger charge is -2.32. The average molecular weight is 268 g/mol. The molecule has 0 unspecified atom stereocenters. The second-order valence-corrected chi connectivity index (χ2v) is 3.35. The minimum atomic E-state index is -5.80. The monoisotopic (exact) mass is 268 g/mol. The summed E-state index contributed by atoms with van der Waals surface area (Å²) in [4.78, 5) is 0. The Balaban J connectivity index is 3.27. The lowest BCUT2D eigenvalue weighted by molar-refractivity contribution is -0.268. The van der Waals surface area contributed by atoms with Gasteiger partial charge in [-0.2, -0.15) is 31.6 Å². The van der Waals surface area contributed by atoms with Crippen molar-refractivity contribution in [1.29, 1.82) is 5.26 Å². The number of nitrogens with one attached hydrogen (secondary N) is 1. The van der Waals surface area contributed by atoms with Gasteiger partial charge in [0.15, 0.2) is 0 Å². The quantitative estimate of drug-likeness (QED) is 0.833. The van der Waals surface area contributed by atoms with E-state index >= 15 is 0 Å². The molecule has 1 rings (SSSR count). The van der Waals surface area contributed by atoms with Crippen LogP contribution in [0.3, 0.4) is 0 Å². The van der Waals surface area contributed by atoms with Crippen molar-refractivity contribution in [3.05, 3.63) is 30.3 Å². The van der Waals surface area contributed by atoms with Crippen LogP contribution >= 0.6 is 0 Å². The molecular formula is C10H6F6N2. The average Bonchev–Trinajstić information content (AvgIpc) is 2.23. The first-order chi connectivity index (χ1) is 8.14. The molecule has 0 fully saturated rings. The van der Waals surface area contributed by atoms with E-state index in [0.29, 0.717) is 0 Å². The van der Waals surface area contributed by atoms with Crippen molar-refractivity contribution < 1.29 is 26.3 Å². The summed E-state index contributed by atoms with van der Waals surface area (Å²) < 4.78 is 75.3. The standard InChI is InChI=1S/C10H6F6N2/c11-9(12,13)8(6-17,10(14,15)16)18-7-4-2-1-3-5-7/h1-5,18H. The predicted molar refractivity (Wildman–Crippen MR) is 50.5 cm³/mol. The van der Waals surface area contributed by atoms with Gasteiger partial charge in [0.25, 0.3) is 0 Å². The van der Waals surface area contributed by atoms with Crippen LogP contribution in [-0.2, 0) is 0 Å². The number of hydrogen-bond donors (Lipinski definition) is 1. The van der Waals surface area contributed by atoms with Crippen molar-refractivity contribution in [2.75, 3.05) is 5.32 Å². The van der Waals surface area contributed by atoms with E-state index in [-0.39, 0.29) is 6.07 Å². The van der Waals surface area contributed by atoms with Crippen LogP contribution in [-0.4, -0.2) is 17.9 Å². The molecule has 0 bridgehead atoms. The van der Waals surface area contributed by atoms with Gasteiger partial charge < -0.3 is 5.32 Å².